The summed E-state index contributed by atoms with van der Waals surface area (Å²) in [5.74, 6) is 3.15. The molecular formula is C33H35N3O5. The van der Waals surface area contributed by atoms with Crippen LogP contribution in [0.1, 0.15) is 11.1 Å². The van der Waals surface area contributed by atoms with Gasteiger partial charge in [0, 0.05) is 30.9 Å². The van der Waals surface area contributed by atoms with E-state index in [1.807, 2.05) is 54.6 Å². The number of nitrogens with zero attached hydrogens (tertiary/aromatic N) is 2. The predicted molar refractivity (Wildman–Crippen MR) is 160 cm³/mol. The lowest BCUT2D eigenvalue weighted by molar-refractivity contribution is 0.0764. The Kier molecular flexibility index (Phi) is 9.58. The monoisotopic (exact) mass is 553 g/mol. The van der Waals surface area contributed by atoms with Gasteiger partial charge in [0.05, 0.1) is 44.8 Å². The zero-order valence-corrected chi connectivity index (χ0v) is 23.4. The molecule has 0 aliphatic rings. The van der Waals surface area contributed by atoms with E-state index in [1.165, 1.54) is 5.56 Å². The van der Waals surface area contributed by atoms with Gasteiger partial charge in [0.25, 0.3) is 0 Å². The number of fused-ring (bicyclic) bond motifs is 1. The van der Waals surface area contributed by atoms with Crippen LogP contribution in [0.2, 0.25) is 0 Å². The maximum absolute atomic E-state index is 6.03. The second-order valence-electron chi connectivity index (χ2n) is 9.45. The molecular weight excluding hydrogens is 518 g/mol. The number of aromatic amines is 1. The molecule has 4 aromatic carbocycles. The number of hydrogen-bond donors (Lipinski definition) is 1. The third-order valence-electron chi connectivity index (χ3n) is 6.58. The van der Waals surface area contributed by atoms with Gasteiger partial charge in [-0.05, 0) is 59.7 Å². The fourth-order valence-corrected chi connectivity index (χ4v) is 4.53. The van der Waals surface area contributed by atoms with Crippen LogP contribution >= 0.6 is 0 Å². The number of anilines is 1. The van der Waals surface area contributed by atoms with Crippen LogP contribution in [0.5, 0.6) is 23.0 Å². The van der Waals surface area contributed by atoms with Crippen LogP contribution in [0.4, 0.5) is 5.69 Å². The number of rotatable bonds is 15. The number of methoxy groups -OCH3 is 2. The van der Waals surface area contributed by atoms with Crippen molar-refractivity contribution in [2.24, 2.45) is 0 Å². The van der Waals surface area contributed by atoms with Gasteiger partial charge in [-0.15, -0.1) is 0 Å². The Morgan fingerprint density at radius 3 is 2.02 bits per heavy atom. The Morgan fingerprint density at radius 1 is 0.634 bits per heavy atom. The van der Waals surface area contributed by atoms with E-state index in [0.29, 0.717) is 39.5 Å². The normalized spacial score (nSPS) is 10.9. The van der Waals surface area contributed by atoms with Crippen molar-refractivity contribution in [3.05, 3.63) is 108 Å². The number of nitrogens with one attached hydrogen (secondary N) is 1. The molecule has 0 fully saturated rings. The first-order chi connectivity index (χ1) is 20.2. The van der Waals surface area contributed by atoms with Gasteiger partial charge >= 0.3 is 0 Å². The molecule has 0 saturated carbocycles. The van der Waals surface area contributed by atoms with Crippen molar-refractivity contribution in [2.45, 2.75) is 13.1 Å². The summed E-state index contributed by atoms with van der Waals surface area (Å²) in [6.45, 7) is 3.24. The molecule has 0 atom stereocenters. The van der Waals surface area contributed by atoms with Crippen molar-refractivity contribution in [2.75, 3.05) is 45.5 Å². The molecule has 1 heterocycles. The molecule has 1 aromatic heterocycles. The summed E-state index contributed by atoms with van der Waals surface area (Å²) in [6.07, 6.45) is 1.72. The predicted octanol–water partition coefficient (Wildman–Crippen LogP) is 6.26. The van der Waals surface area contributed by atoms with Crippen molar-refractivity contribution in [1.29, 1.82) is 0 Å². The first-order valence-corrected chi connectivity index (χ1v) is 13.6. The van der Waals surface area contributed by atoms with Gasteiger partial charge in [0.1, 0.15) is 36.2 Å². The zero-order valence-electron chi connectivity index (χ0n) is 23.4. The van der Waals surface area contributed by atoms with E-state index >= 15 is 0 Å². The summed E-state index contributed by atoms with van der Waals surface area (Å²) in [4.78, 5) is 9.88. The summed E-state index contributed by atoms with van der Waals surface area (Å²) in [5.41, 5.74) is 5.37. The van der Waals surface area contributed by atoms with E-state index in [1.54, 1.807) is 20.5 Å². The highest BCUT2D eigenvalue weighted by atomic mass is 16.5. The van der Waals surface area contributed by atoms with E-state index < -0.39 is 0 Å². The summed E-state index contributed by atoms with van der Waals surface area (Å²) < 4.78 is 28.1. The topological polar surface area (TPSA) is 78.1 Å². The summed E-state index contributed by atoms with van der Waals surface area (Å²) >= 11 is 0. The molecule has 5 rings (SSSR count). The van der Waals surface area contributed by atoms with E-state index in [-0.39, 0.29) is 0 Å². The fraction of sp³-hybridized carbons (Fsp3) is 0.242. The Morgan fingerprint density at radius 2 is 1.27 bits per heavy atom. The van der Waals surface area contributed by atoms with Crippen LogP contribution in [-0.4, -0.2) is 50.6 Å². The van der Waals surface area contributed by atoms with Gasteiger partial charge in [-0.1, -0.05) is 30.3 Å². The summed E-state index contributed by atoms with van der Waals surface area (Å²) in [7, 11) is 3.33. The van der Waals surface area contributed by atoms with Gasteiger partial charge in [-0.25, -0.2) is 4.98 Å². The molecule has 0 unspecified atom stereocenters. The average Bonchev–Trinajstić information content (AvgIpc) is 3.49. The first-order valence-electron chi connectivity index (χ1n) is 13.6. The molecule has 0 spiro atoms. The quantitative estimate of drug-likeness (QED) is 0.153. The van der Waals surface area contributed by atoms with Crippen molar-refractivity contribution >= 4 is 16.7 Å². The first kappa shape index (κ1) is 27.9. The SMILES string of the molecule is COc1cccc(CN(Cc2ccc3nc[nH]c3c2)c2cccc(OCCOCCOc3cccc(OC)c3)c2)c1. The minimum absolute atomic E-state index is 0.439. The maximum atomic E-state index is 6.03. The Hall–Kier alpha value is -4.69. The molecule has 0 bridgehead atoms. The average molecular weight is 554 g/mol. The highest BCUT2D eigenvalue weighted by molar-refractivity contribution is 5.75. The third kappa shape index (κ3) is 7.93. The van der Waals surface area contributed by atoms with Gasteiger partial charge in [0.2, 0.25) is 0 Å². The van der Waals surface area contributed by atoms with E-state index in [4.69, 9.17) is 23.7 Å². The van der Waals surface area contributed by atoms with Crippen LogP contribution in [0, 0.1) is 0 Å². The van der Waals surface area contributed by atoms with Crippen molar-refractivity contribution in [3.8, 4) is 23.0 Å². The number of H-pyrrole nitrogens is 1. The van der Waals surface area contributed by atoms with Gasteiger partial charge < -0.3 is 33.6 Å². The smallest absolute Gasteiger partial charge is 0.123 e. The zero-order chi connectivity index (χ0) is 28.3. The maximum Gasteiger partial charge on any atom is 0.123 e. The molecule has 0 aliphatic carbocycles. The molecule has 0 amide bonds. The highest BCUT2D eigenvalue weighted by Crippen LogP contribution is 2.26. The third-order valence-corrected chi connectivity index (χ3v) is 6.58. The molecule has 212 valence electrons. The van der Waals surface area contributed by atoms with Crippen molar-refractivity contribution in [3.63, 3.8) is 0 Å². The number of hydrogen-bond acceptors (Lipinski definition) is 7. The van der Waals surface area contributed by atoms with Crippen LogP contribution in [0.25, 0.3) is 11.0 Å². The van der Waals surface area contributed by atoms with Crippen LogP contribution in [0.3, 0.4) is 0 Å². The molecule has 0 saturated heterocycles. The lowest BCUT2D eigenvalue weighted by Gasteiger charge is -2.26. The van der Waals surface area contributed by atoms with E-state index in [2.05, 4.69) is 51.3 Å². The van der Waals surface area contributed by atoms with Gasteiger partial charge in [-0.2, -0.15) is 0 Å². The lowest BCUT2D eigenvalue weighted by Crippen LogP contribution is -2.22. The highest BCUT2D eigenvalue weighted by Gasteiger charge is 2.12. The molecule has 41 heavy (non-hydrogen) atoms. The molecule has 1 N–H and O–H groups in total. The Bertz CT molecular complexity index is 1540. The van der Waals surface area contributed by atoms with Crippen LogP contribution in [-0.2, 0) is 17.8 Å². The molecule has 5 aromatic rings. The van der Waals surface area contributed by atoms with E-state index in [0.717, 1.165) is 45.3 Å². The summed E-state index contributed by atoms with van der Waals surface area (Å²) in [5, 5.41) is 0. The molecule has 8 heteroatoms. The van der Waals surface area contributed by atoms with E-state index in [9.17, 15) is 0 Å². The Labute approximate surface area is 240 Å². The number of ether oxygens (including phenoxy) is 5. The van der Waals surface area contributed by atoms with Crippen molar-refractivity contribution < 1.29 is 23.7 Å². The number of benzene rings is 4. The van der Waals surface area contributed by atoms with Gasteiger partial charge in [0.15, 0.2) is 0 Å². The van der Waals surface area contributed by atoms with Crippen molar-refractivity contribution in [1.82, 2.24) is 9.97 Å². The minimum Gasteiger partial charge on any atom is -0.497 e. The fourth-order valence-electron chi connectivity index (χ4n) is 4.53. The van der Waals surface area contributed by atoms with Gasteiger partial charge in [-0.3, -0.25) is 0 Å². The van der Waals surface area contributed by atoms with Crippen LogP contribution < -0.4 is 23.8 Å². The molecule has 0 aliphatic heterocycles. The number of aromatic nitrogens is 2. The second-order valence-corrected chi connectivity index (χ2v) is 9.45. The lowest BCUT2D eigenvalue weighted by atomic mass is 10.1. The van der Waals surface area contributed by atoms with Crippen LogP contribution in [0.15, 0.2) is 97.3 Å². The number of imidazole rings is 1. The molecule has 8 nitrogen and oxygen atoms in total. The summed E-state index contributed by atoms with van der Waals surface area (Å²) in [6, 6.07) is 30.2. The molecule has 0 radical (unpaired) electrons. The largest absolute Gasteiger partial charge is 0.497 e. The Balaban J connectivity index is 1.18. The standard InChI is InChI=1S/C33H35N3O5/c1-37-28-8-3-6-25(18-28)22-36(23-26-12-13-32-33(19-26)35-24-34-32)27-7-4-10-30(20-27)40-16-14-39-15-17-41-31-11-5-9-29(21-31)38-2/h3-13,18-21,24H,14-17,22-23H2,1-2H3,(H,34,35). The minimum atomic E-state index is 0.439. The second kappa shape index (κ2) is 14.1.